The van der Waals surface area contributed by atoms with Crippen LogP contribution in [-0.4, -0.2) is 23.0 Å². The molecule has 0 atom stereocenters. The monoisotopic (exact) mass is 382 g/mol. The van der Waals surface area contributed by atoms with Gasteiger partial charge in [-0.2, -0.15) is 0 Å². The zero-order valence-electron chi connectivity index (χ0n) is 15.2. The van der Waals surface area contributed by atoms with Gasteiger partial charge in [-0.3, -0.25) is 4.79 Å². The molecule has 6 nitrogen and oxygen atoms in total. The van der Waals surface area contributed by atoms with E-state index in [-0.39, 0.29) is 17.5 Å². The molecule has 0 fully saturated rings. The summed E-state index contributed by atoms with van der Waals surface area (Å²) in [5.74, 6) is 0.533. The maximum atomic E-state index is 12.5. The lowest BCUT2D eigenvalue weighted by molar-refractivity contribution is 0.102. The molecule has 3 aromatic rings. The zero-order valence-corrected chi connectivity index (χ0v) is 16.0. The van der Waals surface area contributed by atoms with Crippen molar-refractivity contribution >= 4 is 34.8 Å². The van der Waals surface area contributed by atoms with Gasteiger partial charge < -0.3 is 15.4 Å². The Balaban J connectivity index is 1.83. The van der Waals surface area contributed by atoms with Crippen molar-refractivity contribution in [1.29, 1.82) is 0 Å². The van der Waals surface area contributed by atoms with Crippen LogP contribution in [0.25, 0.3) is 0 Å². The quantitative estimate of drug-likeness (QED) is 0.665. The van der Waals surface area contributed by atoms with E-state index in [1.165, 1.54) is 6.20 Å². The molecule has 0 radical (unpaired) electrons. The van der Waals surface area contributed by atoms with Gasteiger partial charge in [-0.1, -0.05) is 29.8 Å². The third kappa shape index (κ3) is 4.35. The predicted octanol–water partition coefficient (Wildman–Crippen LogP) is 4.75. The van der Waals surface area contributed by atoms with Crippen molar-refractivity contribution in [2.75, 3.05) is 17.7 Å². The molecule has 0 unspecified atom stereocenters. The molecule has 0 spiro atoms. The minimum absolute atomic E-state index is 0.250. The number of ether oxygens (including phenoxy) is 1. The number of anilines is 3. The van der Waals surface area contributed by atoms with Crippen LogP contribution in [0, 0.1) is 13.8 Å². The number of benzene rings is 2. The molecule has 2 N–H and O–H groups in total. The van der Waals surface area contributed by atoms with Gasteiger partial charge in [-0.25, -0.2) is 9.97 Å². The second kappa shape index (κ2) is 8.05. The number of hydrogen-bond donors (Lipinski definition) is 2. The highest BCUT2D eigenvalue weighted by Crippen LogP contribution is 2.32. The van der Waals surface area contributed by atoms with E-state index >= 15 is 0 Å². The van der Waals surface area contributed by atoms with E-state index in [1.807, 2.05) is 44.2 Å². The Kier molecular flexibility index (Phi) is 5.57. The van der Waals surface area contributed by atoms with E-state index in [9.17, 15) is 4.79 Å². The lowest BCUT2D eigenvalue weighted by Gasteiger charge is -2.13. The first kappa shape index (κ1) is 18.7. The molecule has 7 heteroatoms. The summed E-state index contributed by atoms with van der Waals surface area (Å²) in [4.78, 5) is 21.0. The van der Waals surface area contributed by atoms with Crippen molar-refractivity contribution in [2.24, 2.45) is 0 Å². The Hall–Kier alpha value is -3.12. The van der Waals surface area contributed by atoms with Crippen LogP contribution in [0.4, 0.5) is 17.3 Å². The van der Waals surface area contributed by atoms with E-state index < -0.39 is 0 Å². The molecule has 3 rings (SSSR count). The fourth-order valence-electron chi connectivity index (χ4n) is 2.50. The number of methoxy groups -OCH3 is 1. The van der Waals surface area contributed by atoms with Gasteiger partial charge in [-0.05, 0) is 43.2 Å². The van der Waals surface area contributed by atoms with Crippen LogP contribution in [0.15, 0.2) is 48.7 Å². The topological polar surface area (TPSA) is 76.1 Å². The highest BCUT2D eigenvalue weighted by atomic mass is 35.5. The minimum Gasteiger partial charge on any atom is -0.495 e. The second-order valence-electron chi connectivity index (χ2n) is 5.96. The van der Waals surface area contributed by atoms with Crippen molar-refractivity contribution < 1.29 is 9.53 Å². The first-order valence-electron chi connectivity index (χ1n) is 8.29. The maximum absolute atomic E-state index is 12.5. The number of carbonyl (C=O) groups excluding carboxylic acids is 1. The molecule has 138 valence electrons. The Bertz CT molecular complexity index is 991. The molecular weight excluding hydrogens is 364 g/mol. The molecule has 2 aromatic carbocycles. The van der Waals surface area contributed by atoms with Gasteiger partial charge in [-0.15, -0.1) is 0 Å². The van der Waals surface area contributed by atoms with Crippen molar-refractivity contribution in [3.63, 3.8) is 0 Å². The van der Waals surface area contributed by atoms with Crippen LogP contribution in [0.2, 0.25) is 5.02 Å². The number of nitrogens with zero attached hydrogens (tertiary/aromatic N) is 2. The standard InChI is InChI=1S/C20H19ClN4O2/c1-12-6-4-5-7-15(12)23-19(26)16-8-9-22-20(24-16)25-17-10-13(2)14(21)11-18(17)27-3/h4-11H,1-3H3,(H,23,26)(H,22,24,25). The first-order valence-corrected chi connectivity index (χ1v) is 8.67. The maximum Gasteiger partial charge on any atom is 0.274 e. The number of aromatic nitrogens is 2. The molecular formula is C20H19ClN4O2. The van der Waals surface area contributed by atoms with Crippen LogP contribution < -0.4 is 15.4 Å². The van der Waals surface area contributed by atoms with Gasteiger partial charge in [0.05, 0.1) is 12.8 Å². The number of carbonyl (C=O) groups is 1. The van der Waals surface area contributed by atoms with Crippen LogP contribution in [-0.2, 0) is 0 Å². The number of nitrogens with one attached hydrogen (secondary N) is 2. The number of halogens is 1. The Morgan fingerprint density at radius 2 is 1.85 bits per heavy atom. The Morgan fingerprint density at radius 1 is 1.07 bits per heavy atom. The van der Waals surface area contributed by atoms with E-state index in [0.717, 1.165) is 16.8 Å². The fourth-order valence-corrected chi connectivity index (χ4v) is 2.65. The summed E-state index contributed by atoms with van der Waals surface area (Å²) in [7, 11) is 1.55. The van der Waals surface area contributed by atoms with Crippen LogP contribution >= 0.6 is 11.6 Å². The van der Waals surface area contributed by atoms with Crippen LogP contribution in [0.5, 0.6) is 5.75 Å². The average molecular weight is 383 g/mol. The van der Waals surface area contributed by atoms with E-state index in [0.29, 0.717) is 16.5 Å². The van der Waals surface area contributed by atoms with Gasteiger partial charge in [0.1, 0.15) is 11.4 Å². The minimum atomic E-state index is -0.311. The lowest BCUT2D eigenvalue weighted by atomic mass is 10.2. The Labute approximate surface area is 162 Å². The van der Waals surface area contributed by atoms with Gasteiger partial charge in [0.2, 0.25) is 5.95 Å². The van der Waals surface area contributed by atoms with Gasteiger partial charge in [0.25, 0.3) is 5.91 Å². The van der Waals surface area contributed by atoms with E-state index in [4.69, 9.17) is 16.3 Å². The van der Waals surface area contributed by atoms with Crippen LogP contribution in [0.3, 0.4) is 0 Å². The van der Waals surface area contributed by atoms with Crippen molar-refractivity contribution in [1.82, 2.24) is 9.97 Å². The highest BCUT2D eigenvalue weighted by molar-refractivity contribution is 6.31. The number of para-hydroxylation sites is 1. The number of amides is 1. The number of hydrogen-bond acceptors (Lipinski definition) is 5. The molecule has 0 saturated heterocycles. The largest absolute Gasteiger partial charge is 0.495 e. The van der Waals surface area contributed by atoms with Gasteiger partial charge in [0, 0.05) is 23.0 Å². The van der Waals surface area contributed by atoms with Crippen molar-refractivity contribution in [3.05, 3.63) is 70.5 Å². The van der Waals surface area contributed by atoms with Gasteiger partial charge in [0.15, 0.2) is 0 Å². The molecule has 0 bridgehead atoms. The van der Waals surface area contributed by atoms with Crippen LogP contribution in [0.1, 0.15) is 21.6 Å². The molecule has 0 aliphatic carbocycles. The van der Waals surface area contributed by atoms with Crippen molar-refractivity contribution in [3.8, 4) is 5.75 Å². The molecule has 0 aliphatic rings. The number of aryl methyl sites for hydroxylation is 2. The summed E-state index contributed by atoms with van der Waals surface area (Å²) in [6, 6.07) is 12.7. The third-order valence-electron chi connectivity index (χ3n) is 4.01. The summed E-state index contributed by atoms with van der Waals surface area (Å²) in [5.41, 5.74) is 3.51. The van der Waals surface area contributed by atoms with E-state index in [1.54, 1.807) is 19.2 Å². The Morgan fingerprint density at radius 3 is 2.59 bits per heavy atom. The zero-order chi connectivity index (χ0) is 19.4. The highest BCUT2D eigenvalue weighted by Gasteiger charge is 2.12. The SMILES string of the molecule is COc1cc(Cl)c(C)cc1Nc1nccc(C(=O)Nc2ccccc2C)n1. The molecule has 0 aliphatic heterocycles. The molecule has 1 heterocycles. The third-order valence-corrected chi connectivity index (χ3v) is 4.42. The normalized spacial score (nSPS) is 10.4. The summed E-state index contributed by atoms with van der Waals surface area (Å²) >= 11 is 6.13. The molecule has 27 heavy (non-hydrogen) atoms. The van der Waals surface area contributed by atoms with Crippen molar-refractivity contribution in [2.45, 2.75) is 13.8 Å². The smallest absolute Gasteiger partial charge is 0.274 e. The number of rotatable bonds is 5. The molecule has 1 amide bonds. The molecule has 0 saturated carbocycles. The average Bonchev–Trinajstić information content (AvgIpc) is 2.66. The predicted molar refractivity (Wildman–Crippen MR) is 107 cm³/mol. The van der Waals surface area contributed by atoms with E-state index in [2.05, 4.69) is 20.6 Å². The lowest BCUT2D eigenvalue weighted by Crippen LogP contribution is -2.15. The first-order chi connectivity index (χ1) is 13.0. The summed E-state index contributed by atoms with van der Waals surface area (Å²) in [6.45, 7) is 3.82. The summed E-state index contributed by atoms with van der Waals surface area (Å²) in [5, 5.41) is 6.54. The second-order valence-corrected chi connectivity index (χ2v) is 6.37. The summed E-state index contributed by atoms with van der Waals surface area (Å²) < 4.78 is 5.34. The van der Waals surface area contributed by atoms with Gasteiger partial charge >= 0.3 is 0 Å². The molecule has 1 aromatic heterocycles. The fraction of sp³-hybridized carbons (Fsp3) is 0.150. The summed E-state index contributed by atoms with van der Waals surface area (Å²) in [6.07, 6.45) is 1.53.